The average molecular weight is 410 g/mol. The zero-order valence-corrected chi connectivity index (χ0v) is 15.7. The number of tetrazole rings is 1. The first-order valence-electron chi connectivity index (χ1n) is 8.19. The summed E-state index contributed by atoms with van der Waals surface area (Å²) in [5.41, 5.74) is 3.30. The number of benzene rings is 2. The molecule has 6 nitrogen and oxygen atoms in total. The molecule has 4 rings (SSSR count). The largest absolute Gasteiger partial charge is 0.439 e. The molecule has 7 heteroatoms. The van der Waals surface area contributed by atoms with E-state index in [0.29, 0.717) is 24.7 Å². The van der Waals surface area contributed by atoms with Gasteiger partial charge in [0.15, 0.2) is 11.6 Å². The predicted octanol–water partition coefficient (Wildman–Crippen LogP) is 4.04. The molecule has 2 aromatic carbocycles. The lowest BCUT2D eigenvalue weighted by Gasteiger charge is -2.00. The highest BCUT2D eigenvalue weighted by Gasteiger charge is 2.11. The predicted molar refractivity (Wildman–Crippen MR) is 101 cm³/mol. The van der Waals surface area contributed by atoms with Gasteiger partial charge < -0.3 is 4.42 Å². The fourth-order valence-corrected chi connectivity index (χ4v) is 3.17. The Morgan fingerprint density at radius 3 is 2.85 bits per heavy atom. The van der Waals surface area contributed by atoms with Crippen molar-refractivity contribution >= 4 is 15.9 Å². The Morgan fingerprint density at radius 2 is 2.00 bits per heavy atom. The van der Waals surface area contributed by atoms with Crippen LogP contribution < -0.4 is 0 Å². The van der Waals surface area contributed by atoms with E-state index in [9.17, 15) is 0 Å². The Morgan fingerprint density at radius 1 is 1.12 bits per heavy atom. The van der Waals surface area contributed by atoms with Gasteiger partial charge in [-0.05, 0) is 35.4 Å². The molecule has 0 unspecified atom stereocenters. The lowest BCUT2D eigenvalue weighted by Crippen LogP contribution is -2.04. The number of oxazole rings is 1. The standard InChI is InChI=1S/C19H16BrN5O/c1-13-5-2-3-8-16(13)17-11-21-19(26-17)12-25-23-18(22-24-25)10-14-6-4-7-15(20)9-14/h2-9,11H,10,12H2,1H3. The van der Waals surface area contributed by atoms with Crippen molar-refractivity contribution in [3.63, 3.8) is 0 Å². The molecule has 0 saturated carbocycles. The monoisotopic (exact) mass is 409 g/mol. The lowest BCUT2D eigenvalue weighted by atomic mass is 10.1. The van der Waals surface area contributed by atoms with Gasteiger partial charge in [0.2, 0.25) is 5.89 Å². The normalized spacial score (nSPS) is 11.0. The second-order valence-corrected chi connectivity index (χ2v) is 6.89. The molecule has 2 aromatic heterocycles. The highest BCUT2D eigenvalue weighted by Crippen LogP contribution is 2.23. The summed E-state index contributed by atoms with van der Waals surface area (Å²) in [5.74, 6) is 1.95. The SMILES string of the molecule is Cc1ccccc1-c1cnc(Cn2nnc(Cc3cccc(Br)c3)n2)o1. The number of nitrogens with zero attached hydrogens (tertiary/aromatic N) is 5. The van der Waals surface area contributed by atoms with Crippen LogP contribution in [0.15, 0.2) is 63.6 Å². The molecule has 0 aliphatic rings. The van der Waals surface area contributed by atoms with Gasteiger partial charge in [-0.25, -0.2) is 4.98 Å². The number of aryl methyl sites for hydroxylation is 1. The Hall–Kier alpha value is -2.80. The third-order valence-electron chi connectivity index (χ3n) is 3.99. The van der Waals surface area contributed by atoms with Crippen LogP contribution in [0, 0.1) is 6.92 Å². The number of aromatic nitrogens is 5. The van der Waals surface area contributed by atoms with Gasteiger partial charge in [0, 0.05) is 16.5 Å². The summed E-state index contributed by atoms with van der Waals surface area (Å²) in [6.07, 6.45) is 2.36. The van der Waals surface area contributed by atoms with Gasteiger partial charge in [0.25, 0.3) is 0 Å². The van der Waals surface area contributed by atoms with Crippen LogP contribution in [0.2, 0.25) is 0 Å². The molecule has 0 aliphatic carbocycles. The molecule has 0 amide bonds. The van der Waals surface area contributed by atoms with Crippen molar-refractivity contribution in [3.05, 3.63) is 82.0 Å². The molecule has 0 saturated heterocycles. The van der Waals surface area contributed by atoms with E-state index in [4.69, 9.17) is 4.42 Å². The maximum absolute atomic E-state index is 5.85. The fourth-order valence-electron chi connectivity index (χ4n) is 2.72. The Kier molecular flexibility index (Phi) is 4.62. The molecule has 0 fully saturated rings. The molecule has 0 radical (unpaired) electrons. The Labute approximate surface area is 159 Å². The summed E-state index contributed by atoms with van der Waals surface area (Å²) in [5, 5.41) is 12.6. The van der Waals surface area contributed by atoms with Crippen LogP contribution in [-0.4, -0.2) is 25.2 Å². The van der Waals surface area contributed by atoms with E-state index >= 15 is 0 Å². The highest BCUT2D eigenvalue weighted by atomic mass is 79.9. The molecule has 0 atom stereocenters. The number of hydrogen-bond acceptors (Lipinski definition) is 5. The zero-order chi connectivity index (χ0) is 17.9. The van der Waals surface area contributed by atoms with Gasteiger partial charge in [-0.1, -0.05) is 52.3 Å². The lowest BCUT2D eigenvalue weighted by molar-refractivity contribution is 0.446. The van der Waals surface area contributed by atoms with Crippen molar-refractivity contribution in [1.29, 1.82) is 0 Å². The third-order valence-corrected chi connectivity index (χ3v) is 4.48. The number of hydrogen-bond donors (Lipinski definition) is 0. The number of halogens is 1. The zero-order valence-electron chi connectivity index (χ0n) is 14.1. The topological polar surface area (TPSA) is 69.6 Å². The van der Waals surface area contributed by atoms with Gasteiger partial charge in [0.1, 0.15) is 6.54 Å². The molecule has 2 heterocycles. The van der Waals surface area contributed by atoms with Crippen molar-refractivity contribution in [2.24, 2.45) is 0 Å². The van der Waals surface area contributed by atoms with Crippen molar-refractivity contribution in [3.8, 4) is 11.3 Å². The summed E-state index contributed by atoms with van der Waals surface area (Å²) in [7, 11) is 0. The molecule has 0 bridgehead atoms. The van der Waals surface area contributed by atoms with Gasteiger partial charge in [-0.3, -0.25) is 0 Å². The van der Waals surface area contributed by atoms with Crippen LogP contribution in [0.4, 0.5) is 0 Å². The summed E-state index contributed by atoms with van der Waals surface area (Å²) < 4.78 is 6.89. The van der Waals surface area contributed by atoms with Gasteiger partial charge in [-0.15, -0.1) is 10.2 Å². The molecule has 26 heavy (non-hydrogen) atoms. The summed E-state index contributed by atoms with van der Waals surface area (Å²) in [6.45, 7) is 2.39. The first-order chi connectivity index (χ1) is 12.7. The van der Waals surface area contributed by atoms with E-state index < -0.39 is 0 Å². The highest BCUT2D eigenvalue weighted by molar-refractivity contribution is 9.10. The smallest absolute Gasteiger partial charge is 0.218 e. The quantitative estimate of drug-likeness (QED) is 0.497. The van der Waals surface area contributed by atoms with Crippen molar-refractivity contribution in [2.45, 2.75) is 19.9 Å². The van der Waals surface area contributed by atoms with Crippen LogP contribution in [0.3, 0.4) is 0 Å². The van der Waals surface area contributed by atoms with Crippen LogP contribution in [0.5, 0.6) is 0 Å². The average Bonchev–Trinajstić information content (AvgIpc) is 3.25. The molecule has 130 valence electrons. The number of rotatable bonds is 5. The van der Waals surface area contributed by atoms with E-state index in [-0.39, 0.29) is 0 Å². The minimum Gasteiger partial charge on any atom is -0.439 e. The molecule has 0 N–H and O–H groups in total. The summed E-state index contributed by atoms with van der Waals surface area (Å²) in [4.78, 5) is 5.83. The van der Waals surface area contributed by atoms with Crippen molar-refractivity contribution in [2.75, 3.05) is 0 Å². The second-order valence-electron chi connectivity index (χ2n) is 5.98. The van der Waals surface area contributed by atoms with Crippen molar-refractivity contribution in [1.82, 2.24) is 25.2 Å². The van der Waals surface area contributed by atoms with Gasteiger partial charge in [0.05, 0.1) is 6.20 Å². The third kappa shape index (κ3) is 3.72. The van der Waals surface area contributed by atoms with Crippen LogP contribution in [0.25, 0.3) is 11.3 Å². The molecule has 0 spiro atoms. The van der Waals surface area contributed by atoms with Crippen LogP contribution in [0.1, 0.15) is 22.8 Å². The summed E-state index contributed by atoms with van der Waals surface area (Å²) in [6, 6.07) is 16.1. The summed E-state index contributed by atoms with van der Waals surface area (Å²) >= 11 is 3.47. The molecule has 4 aromatic rings. The fraction of sp³-hybridized carbons (Fsp3) is 0.158. The first kappa shape index (κ1) is 16.7. The molecular weight excluding hydrogens is 394 g/mol. The Balaban J connectivity index is 1.47. The van der Waals surface area contributed by atoms with Gasteiger partial charge >= 0.3 is 0 Å². The Bertz CT molecular complexity index is 1040. The van der Waals surface area contributed by atoms with E-state index in [0.717, 1.165) is 26.9 Å². The molecule has 0 aliphatic heterocycles. The van der Waals surface area contributed by atoms with E-state index in [2.05, 4.69) is 36.3 Å². The van der Waals surface area contributed by atoms with Crippen LogP contribution in [-0.2, 0) is 13.0 Å². The van der Waals surface area contributed by atoms with Crippen molar-refractivity contribution < 1.29 is 4.42 Å². The maximum atomic E-state index is 5.85. The van der Waals surface area contributed by atoms with Crippen LogP contribution >= 0.6 is 15.9 Å². The van der Waals surface area contributed by atoms with E-state index in [1.54, 1.807) is 6.20 Å². The minimum absolute atomic E-state index is 0.345. The maximum Gasteiger partial charge on any atom is 0.218 e. The van der Waals surface area contributed by atoms with Gasteiger partial charge in [-0.2, -0.15) is 4.80 Å². The van der Waals surface area contributed by atoms with E-state index in [1.165, 1.54) is 4.80 Å². The minimum atomic E-state index is 0.345. The second kappa shape index (κ2) is 7.21. The first-order valence-corrected chi connectivity index (χ1v) is 8.98. The van der Waals surface area contributed by atoms with E-state index in [1.807, 2.05) is 55.5 Å². The molecular formula is C19H16BrN5O.